The summed E-state index contributed by atoms with van der Waals surface area (Å²) in [6.07, 6.45) is -3.18. The van der Waals surface area contributed by atoms with E-state index in [4.69, 9.17) is 14.3 Å². The molecule has 1 aliphatic heterocycles. The maximum Gasteiger partial charge on any atom is 0.397 e. The number of fused-ring (bicyclic) bond motifs is 2. The lowest BCUT2D eigenvalue weighted by atomic mass is 9.83. The fraction of sp³-hybridized carbons (Fsp3) is 0.300. The van der Waals surface area contributed by atoms with Crippen LogP contribution in [-0.2, 0) is 16.6 Å². The van der Waals surface area contributed by atoms with Crippen LogP contribution in [0.5, 0.6) is 11.5 Å². The second-order valence-electron chi connectivity index (χ2n) is 10.1. The van der Waals surface area contributed by atoms with E-state index in [0.29, 0.717) is 33.3 Å². The van der Waals surface area contributed by atoms with E-state index < -0.39 is 36.4 Å². The lowest BCUT2D eigenvalue weighted by Gasteiger charge is -2.24. The third kappa shape index (κ3) is 6.08. The van der Waals surface area contributed by atoms with E-state index in [9.17, 15) is 22.0 Å². The Morgan fingerprint density at radius 1 is 1.17 bits per heavy atom. The van der Waals surface area contributed by atoms with Crippen LogP contribution in [0.25, 0.3) is 22.2 Å². The van der Waals surface area contributed by atoms with Crippen molar-refractivity contribution in [2.24, 2.45) is 5.73 Å². The summed E-state index contributed by atoms with van der Waals surface area (Å²) < 4.78 is 82.8. The molecule has 1 aliphatic rings. The standard InChI is InChI=1S/C29H25F5N2O2.CH3NO/c1-16-8-19-9-17(11-24(37-3)25(19)35-13-16)10-21(29(32,33)34)23-12-22-27(38-15-28(22,2)14-30)26(36-23)18-4-6-20(31)7-5-18;2-1-3/h4-9,11-13,21H,10,14-15H2,1-3H3;1H,(H2,2,3). The van der Waals surface area contributed by atoms with Crippen molar-refractivity contribution in [3.63, 3.8) is 0 Å². The SMILES string of the molecule is COc1cc(CC(c2cc3c(c(-c4ccc(F)cc4)n2)OCC3(C)CF)C(F)(F)F)cc2cc(C)cnc12.NC=O. The Kier molecular flexibility index (Phi) is 8.46. The monoisotopic (exact) mass is 573 g/mol. The van der Waals surface area contributed by atoms with Crippen LogP contribution in [0.15, 0.2) is 54.7 Å². The summed E-state index contributed by atoms with van der Waals surface area (Å²) in [5, 5.41) is 0.660. The van der Waals surface area contributed by atoms with Gasteiger partial charge in [0.2, 0.25) is 6.41 Å². The van der Waals surface area contributed by atoms with Crippen LogP contribution in [0, 0.1) is 12.7 Å². The first-order valence-electron chi connectivity index (χ1n) is 12.6. The number of hydrogen-bond donors (Lipinski definition) is 1. The number of nitrogens with two attached hydrogens (primary N) is 1. The molecule has 0 saturated carbocycles. The number of alkyl halides is 4. The van der Waals surface area contributed by atoms with Gasteiger partial charge in [-0.15, -0.1) is 0 Å². The van der Waals surface area contributed by atoms with Crippen molar-refractivity contribution in [3.05, 3.63) is 82.9 Å². The lowest BCUT2D eigenvalue weighted by Crippen LogP contribution is -2.28. The largest absolute Gasteiger partial charge is 0.494 e. The summed E-state index contributed by atoms with van der Waals surface area (Å²) in [7, 11) is 1.44. The molecule has 0 fully saturated rings. The number of methoxy groups -OCH3 is 1. The summed E-state index contributed by atoms with van der Waals surface area (Å²) in [6, 6.07) is 11.6. The Bertz CT molecular complexity index is 1560. The first-order chi connectivity index (χ1) is 19.4. The number of aromatic nitrogens is 2. The minimum Gasteiger partial charge on any atom is -0.494 e. The van der Waals surface area contributed by atoms with Crippen LogP contribution in [0.2, 0.25) is 0 Å². The van der Waals surface area contributed by atoms with E-state index in [1.165, 1.54) is 37.4 Å². The number of amides is 1. The second-order valence-corrected chi connectivity index (χ2v) is 10.1. The predicted octanol–water partition coefficient (Wildman–Crippen LogP) is 6.36. The Labute approximate surface area is 233 Å². The number of halogens is 5. The average molecular weight is 574 g/mol. The van der Waals surface area contributed by atoms with E-state index >= 15 is 0 Å². The van der Waals surface area contributed by atoms with Gasteiger partial charge in [-0.3, -0.25) is 9.78 Å². The smallest absolute Gasteiger partial charge is 0.397 e. The maximum atomic E-state index is 14.6. The predicted molar refractivity (Wildman–Crippen MR) is 144 cm³/mol. The third-order valence-electron chi connectivity index (χ3n) is 6.95. The molecular weight excluding hydrogens is 545 g/mol. The Morgan fingerprint density at radius 3 is 2.46 bits per heavy atom. The molecule has 41 heavy (non-hydrogen) atoms. The summed E-state index contributed by atoms with van der Waals surface area (Å²) in [4.78, 5) is 17.3. The zero-order chi connectivity index (χ0) is 29.9. The summed E-state index contributed by atoms with van der Waals surface area (Å²) in [5.41, 5.74) is 5.39. The molecule has 0 saturated heterocycles. The van der Waals surface area contributed by atoms with Crippen molar-refractivity contribution in [1.82, 2.24) is 9.97 Å². The molecule has 6 nitrogen and oxygen atoms in total. The maximum absolute atomic E-state index is 14.6. The number of primary amides is 1. The number of benzene rings is 2. The molecule has 5 rings (SSSR count). The topological polar surface area (TPSA) is 87.3 Å². The highest BCUT2D eigenvalue weighted by Gasteiger charge is 2.45. The minimum atomic E-state index is -4.67. The molecular formula is C30H28F5N3O3. The van der Waals surface area contributed by atoms with Crippen molar-refractivity contribution < 1.29 is 36.2 Å². The van der Waals surface area contributed by atoms with Gasteiger partial charge in [0.1, 0.15) is 47.7 Å². The van der Waals surface area contributed by atoms with Gasteiger partial charge in [-0.2, -0.15) is 13.2 Å². The van der Waals surface area contributed by atoms with Crippen molar-refractivity contribution >= 4 is 17.3 Å². The fourth-order valence-electron chi connectivity index (χ4n) is 4.83. The summed E-state index contributed by atoms with van der Waals surface area (Å²) in [6.45, 7) is 2.59. The first-order valence-corrected chi connectivity index (χ1v) is 12.6. The number of aryl methyl sites for hydroxylation is 1. The Hall–Kier alpha value is -4.28. The molecule has 11 heteroatoms. The summed E-state index contributed by atoms with van der Waals surface area (Å²) in [5.74, 6) is -1.92. The first kappa shape index (κ1) is 29.7. The molecule has 0 aliphatic carbocycles. The molecule has 0 radical (unpaired) electrons. The molecule has 0 spiro atoms. The van der Waals surface area contributed by atoms with E-state index in [-0.39, 0.29) is 30.2 Å². The van der Waals surface area contributed by atoms with Gasteiger partial charge in [-0.05, 0) is 79.9 Å². The molecule has 2 aromatic heterocycles. The highest BCUT2D eigenvalue weighted by atomic mass is 19.4. The zero-order valence-corrected chi connectivity index (χ0v) is 22.6. The van der Waals surface area contributed by atoms with Gasteiger partial charge in [-0.1, -0.05) is 0 Å². The fourth-order valence-corrected chi connectivity index (χ4v) is 4.83. The molecule has 2 unspecified atom stereocenters. The number of rotatable bonds is 6. The molecule has 4 aromatic rings. The molecule has 2 aromatic carbocycles. The van der Waals surface area contributed by atoms with Crippen molar-refractivity contribution in [1.29, 1.82) is 0 Å². The molecule has 2 N–H and O–H groups in total. The number of nitrogens with zero attached hydrogens (tertiary/aromatic N) is 2. The Morgan fingerprint density at radius 2 is 1.85 bits per heavy atom. The van der Waals surface area contributed by atoms with Crippen molar-refractivity contribution in [2.45, 2.75) is 37.8 Å². The van der Waals surface area contributed by atoms with Gasteiger partial charge < -0.3 is 15.2 Å². The van der Waals surface area contributed by atoms with E-state index in [0.717, 1.165) is 5.56 Å². The normalized spacial score (nSPS) is 16.8. The number of carbonyl (C=O) groups excluding carboxylic acids is 1. The van der Waals surface area contributed by atoms with Crippen molar-refractivity contribution in [2.75, 3.05) is 20.4 Å². The van der Waals surface area contributed by atoms with E-state index in [1.54, 1.807) is 25.3 Å². The van der Waals surface area contributed by atoms with Crippen LogP contribution >= 0.6 is 0 Å². The van der Waals surface area contributed by atoms with Crippen LogP contribution < -0.4 is 15.2 Å². The number of hydrogen-bond acceptors (Lipinski definition) is 5. The Balaban J connectivity index is 0.00000124. The molecule has 0 bridgehead atoms. The molecule has 2 atom stereocenters. The van der Waals surface area contributed by atoms with Gasteiger partial charge in [0, 0.05) is 22.7 Å². The quantitative estimate of drug-likeness (QED) is 0.214. The highest BCUT2D eigenvalue weighted by Crippen LogP contribution is 2.47. The third-order valence-corrected chi connectivity index (χ3v) is 6.95. The average Bonchev–Trinajstić information content (AvgIpc) is 3.27. The van der Waals surface area contributed by atoms with Gasteiger partial charge >= 0.3 is 6.18 Å². The molecule has 3 heterocycles. The highest BCUT2D eigenvalue weighted by molar-refractivity contribution is 5.85. The van der Waals surface area contributed by atoms with Crippen LogP contribution in [0.1, 0.15) is 35.2 Å². The number of pyridine rings is 2. The van der Waals surface area contributed by atoms with Gasteiger partial charge in [0.25, 0.3) is 0 Å². The number of ether oxygens (including phenoxy) is 2. The van der Waals surface area contributed by atoms with Crippen molar-refractivity contribution in [3.8, 4) is 22.8 Å². The van der Waals surface area contributed by atoms with Crippen LogP contribution in [-0.4, -0.2) is 42.9 Å². The summed E-state index contributed by atoms with van der Waals surface area (Å²) >= 11 is 0. The number of carbonyl (C=O) groups is 1. The zero-order valence-electron chi connectivity index (χ0n) is 22.6. The van der Waals surface area contributed by atoms with Crippen LogP contribution in [0.3, 0.4) is 0 Å². The van der Waals surface area contributed by atoms with Crippen LogP contribution in [0.4, 0.5) is 22.0 Å². The minimum absolute atomic E-state index is 0.0386. The van der Waals surface area contributed by atoms with Gasteiger partial charge in [0.05, 0.1) is 18.2 Å². The van der Waals surface area contributed by atoms with E-state index in [1.807, 2.05) is 13.0 Å². The van der Waals surface area contributed by atoms with E-state index in [2.05, 4.69) is 15.7 Å². The second kappa shape index (κ2) is 11.7. The van der Waals surface area contributed by atoms with Gasteiger partial charge in [-0.25, -0.2) is 13.8 Å². The van der Waals surface area contributed by atoms with Gasteiger partial charge in [0.15, 0.2) is 0 Å². The molecule has 216 valence electrons. The lowest BCUT2D eigenvalue weighted by molar-refractivity contribution is -0.151. The molecule has 1 amide bonds.